The first-order chi connectivity index (χ1) is 10.9. The van der Waals surface area contributed by atoms with E-state index >= 15 is 0 Å². The highest BCUT2D eigenvalue weighted by atomic mass is 19.4. The number of aromatic nitrogens is 2. The Morgan fingerprint density at radius 2 is 1.96 bits per heavy atom. The number of carbonyl (C=O) groups excluding carboxylic acids is 1. The molecular weight excluding hydrogens is 309 g/mol. The van der Waals surface area contributed by atoms with E-state index in [1.54, 1.807) is 0 Å². The second-order valence-corrected chi connectivity index (χ2v) is 5.24. The van der Waals surface area contributed by atoms with Gasteiger partial charge in [0.05, 0.1) is 18.0 Å². The molecular formula is C15H13F3N4O. The SMILES string of the molecule is O=C(Nc1cccc(C(F)(F)F)c1)c1cnc(NC2CC2)cn1. The van der Waals surface area contributed by atoms with Crippen molar-refractivity contribution in [2.24, 2.45) is 0 Å². The number of carbonyl (C=O) groups is 1. The van der Waals surface area contributed by atoms with Crippen LogP contribution in [-0.4, -0.2) is 21.9 Å². The Hall–Kier alpha value is -2.64. The summed E-state index contributed by atoms with van der Waals surface area (Å²) in [6.45, 7) is 0. The zero-order valence-corrected chi connectivity index (χ0v) is 11.9. The number of nitrogens with one attached hydrogen (secondary N) is 2. The van der Waals surface area contributed by atoms with Crippen LogP contribution in [0, 0.1) is 0 Å². The van der Waals surface area contributed by atoms with E-state index in [0.717, 1.165) is 25.0 Å². The van der Waals surface area contributed by atoms with Gasteiger partial charge in [0, 0.05) is 11.7 Å². The third-order valence-corrected chi connectivity index (χ3v) is 3.26. The molecule has 2 N–H and O–H groups in total. The molecule has 1 aliphatic rings. The Balaban J connectivity index is 1.68. The van der Waals surface area contributed by atoms with Crippen molar-refractivity contribution in [3.05, 3.63) is 47.9 Å². The lowest BCUT2D eigenvalue weighted by molar-refractivity contribution is -0.137. The van der Waals surface area contributed by atoms with E-state index in [4.69, 9.17) is 0 Å². The highest BCUT2D eigenvalue weighted by Crippen LogP contribution is 2.30. The molecule has 0 saturated heterocycles. The number of alkyl halides is 3. The number of hydrogen-bond acceptors (Lipinski definition) is 4. The van der Waals surface area contributed by atoms with Crippen LogP contribution in [0.15, 0.2) is 36.7 Å². The van der Waals surface area contributed by atoms with Gasteiger partial charge < -0.3 is 10.6 Å². The van der Waals surface area contributed by atoms with Crippen molar-refractivity contribution in [1.82, 2.24) is 9.97 Å². The van der Waals surface area contributed by atoms with Crippen LogP contribution in [0.1, 0.15) is 28.9 Å². The van der Waals surface area contributed by atoms with Gasteiger partial charge in [-0.15, -0.1) is 0 Å². The van der Waals surface area contributed by atoms with Crippen LogP contribution >= 0.6 is 0 Å². The van der Waals surface area contributed by atoms with Crippen molar-refractivity contribution in [1.29, 1.82) is 0 Å². The van der Waals surface area contributed by atoms with Gasteiger partial charge in [0.25, 0.3) is 5.91 Å². The summed E-state index contributed by atoms with van der Waals surface area (Å²) in [5, 5.41) is 5.51. The molecule has 1 amide bonds. The second kappa shape index (κ2) is 5.86. The molecule has 120 valence electrons. The van der Waals surface area contributed by atoms with E-state index in [1.807, 2.05) is 0 Å². The van der Waals surface area contributed by atoms with Gasteiger partial charge in [-0.2, -0.15) is 13.2 Å². The van der Waals surface area contributed by atoms with Gasteiger partial charge in [0.2, 0.25) is 0 Å². The van der Waals surface area contributed by atoms with Crippen molar-refractivity contribution in [3.63, 3.8) is 0 Å². The topological polar surface area (TPSA) is 66.9 Å². The van der Waals surface area contributed by atoms with Crippen molar-refractivity contribution in [2.45, 2.75) is 25.1 Å². The van der Waals surface area contributed by atoms with Gasteiger partial charge in [-0.05, 0) is 31.0 Å². The van der Waals surface area contributed by atoms with Crippen LogP contribution in [-0.2, 0) is 6.18 Å². The van der Waals surface area contributed by atoms with Crippen LogP contribution < -0.4 is 10.6 Å². The summed E-state index contributed by atoms with van der Waals surface area (Å²) < 4.78 is 37.9. The van der Waals surface area contributed by atoms with Gasteiger partial charge in [0.1, 0.15) is 11.5 Å². The molecule has 0 aliphatic heterocycles. The average molecular weight is 322 g/mol. The third kappa shape index (κ3) is 3.97. The molecule has 0 bridgehead atoms. The minimum Gasteiger partial charge on any atom is -0.366 e. The van der Waals surface area contributed by atoms with Crippen LogP contribution in [0.4, 0.5) is 24.7 Å². The summed E-state index contributed by atoms with van der Waals surface area (Å²) in [4.78, 5) is 20.0. The minimum atomic E-state index is -4.46. The van der Waals surface area contributed by atoms with Crippen LogP contribution in [0.5, 0.6) is 0 Å². The normalized spacial score (nSPS) is 14.4. The van der Waals surface area contributed by atoms with Gasteiger partial charge in [-0.3, -0.25) is 4.79 Å². The molecule has 0 atom stereocenters. The number of halogens is 3. The van der Waals surface area contributed by atoms with E-state index in [-0.39, 0.29) is 11.4 Å². The summed E-state index contributed by atoms with van der Waals surface area (Å²) >= 11 is 0. The summed E-state index contributed by atoms with van der Waals surface area (Å²) in [5.74, 6) is -0.0436. The fourth-order valence-electron chi connectivity index (χ4n) is 1.93. The van der Waals surface area contributed by atoms with E-state index in [0.29, 0.717) is 11.9 Å². The number of benzene rings is 1. The quantitative estimate of drug-likeness (QED) is 0.906. The monoisotopic (exact) mass is 322 g/mol. The summed E-state index contributed by atoms with van der Waals surface area (Å²) in [6.07, 6.45) is 0.419. The highest BCUT2D eigenvalue weighted by molar-refractivity contribution is 6.02. The molecule has 8 heteroatoms. The molecule has 1 saturated carbocycles. The molecule has 1 aliphatic carbocycles. The first-order valence-corrected chi connectivity index (χ1v) is 6.99. The molecule has 23 heavy (non-hydrogen) atoms. The van der Waals surface area contributed by atoms with E-state index in [1.165, 1.54) is 24.5 Å². The molecule has 1 heterocycles. The van der Waals surface area contributed by atoms with Crippen LogP contribution in [0.25, 0.3) is 0 Å². The van der Waals surface area contributed by atoms with E-state index < -0.39 is 17.6 Å². The summed E-state index contributed by atoms with van der Waals surface area (Å²) in [7, 11) is 0. The summed E-state index contributed by atoms with van der Waals surface area (Å²) in [6, 6.07) is 4.83. The fourth-order valence-corrected chi connectivity index (χ4v) is 1.93. The predicted molar refractivity (Wildman–Crippen MR) is 78.1 cm³/mol. The molecule has 0 unspecified atom stereocenters. The maximum Gasteiger partial charge on any atom is 0.416 e. The Labute approximate surface area is 130 Å². The molecule has 0 spiro atoms. The van der Waals surface area contributed by atoms with Gasteiger partial charge in [-0.25, -0.2) is 9.97 Å². The largest absolute Gasteiger partial charge is 0.416 e. The highest BCUT2D eigenvalue weighted by Gasteiger charge is 2.30. The first-order valence-electron chi connectivity index (χ1n) is 6.99. The molecule has 5 nitrogen and oxygen atoms in total. The zero-order chi connectivity index (χ0) is 16.4. The molecule has 1 aromatic heterocycles. The minimum absolute atomic E-state index is 0.0313. The van der Waals surface area contributed by atoms with Crippen LogP contribution in [0.2, 0.25) is 0 Å². The third-order valence-electron chi connectivity index (χ3n) is 3.26. The molecule has 2 aromatic rings. The van der Waals surface area contributed by atoms with Crippen molar-refractivity contribution in [3.8, 4) is 0 Å². The molecule has 1 aromatic carbocycles. The lowest BCUT2D eigenvalue weighted by Crippen LogP contribution is -2.15. The number of nitrogens with zero attached hydrogens (tertiary/aromatic N) is 2. The van der Waals surface area contributed by atoms with Crippen molar-refractivity contribution < 1.29 is 18.0 Å². The predicted octanol–water partition coefficient (Wildman–Crippen LogP) is 3.32. The number of hydrogen-bond donors (Lipinski definition) is 2. The lowest BCUT2D eigenvalue weighted by atomic mass is 10.2. The molecule has 0 radical (unpaired) electrons. The Bertz CT molecular complexity index is 711. The number of anilines is 2. The maximum atomic E-state index is 12.6. The van der Waals surface area contributed by atoms with Crippen LogP contribution in [0.3, 0.4) is 0 Å². The average Bonchev–Trinajstić information content (AvgIpc) is 3.31. The van der Waals surface area contributed by atoms with Gasteiger partial charge in [0.15, 0.2) is 0 Å². The van der Waals surface area contributed by atoms with Gasteiger partial charge in [-0.1, -0.05) is 6.07 Å². The number of amides is 1. The maximum absolute atomic E-state index is 12.6. The fraction of sp³-hybridized carbons (Fsp3) is 0.267. The molecule has 1 fully saturated rings. The smallest absolute Gasteiger partial charge is 0.366 e. The first kappa shape index (κ1) is 15.3. The molecule has 3 rings (SSSR count). The number of rotatable bonds is 4. The van der Waals surface area contributed by atoms with Crippen molar-refractivity contribution >= 4 is 17.4 Å². The Morgan fingerprint density at radius 3 is 2.57 bits per heavy atom. The van der Waals surface area contributed by atoms with E-state index in [2.05, 4.69) is 20.6 Å². The standard InChI is InChI=1S/C15H13F3N4O/c16-15(17,18)9-2-1-3-11(6-9)22-14(23)12-7-20-13(8-19-12)21-10-4-5-10/h1-3,6-8,10H,4-5H2,(H,20,21)(H,22,23). The van der Waals surface area contributed by atoms with Crippen molar-refractivity contribution in [2.75, 3.05) is 10.6 Å². The second-order valence-electron chi connectivity index (χ2n) is 5.24. The zero-order valence-electron chi connectivity index (χ0n) is 11.9. The Kier molecular flexibility index (Phi) is 3.89. The van der Waals surface area contributed by atoms with E-state index in [9.17, 15) is 18.0 Å². The summed E-state index contributed by atoms with van der Waals surface area (Å²) in [5.41, 5.74) is -0.749. The lowest BCUT2D eigenvalue weighted by Gasteiger charge is -2.09. The van der Waals surface area contributed by atoms with Gasteiger partial charge >= 0.3 is 6.18 Å². The Morgan fingerprint density at radius 1 is 1.17 bits per heavy atom.